The van der Waals surface area contributed by atoms with Crippen LogP contribution in [0.2, 0.25) is 0 Å². The molecule has 4 rings (SSSR count). The molecule has 1 aliphatic heterocycles. The summed E-state index contributed by atoms with van der Waals surface area (Å²) in [5.41, 5.74) is 1.25. The molecule has 0 bridgehead atoms. The summed E-state index contributed by atoms with van der Waals surface area (Å²) < 4.78 is 72.1. The number of hydrogen-bond acceptors (Lipinski definition) is 3. The average Bonchev–Trinajstić information content (AvgIpc) is 2.82. The second-order valence-corrected chi connectivity index (χ2v) is 7.82. The topological polar surface area (TPSA) is 27.7 Å². The second-order valence-electron chi connectivity index (χ2n) is 7.82. The third kappa shape index (κ3) is 5.36. The standard InChI is InChI=1S/C26H22F4O3/c1-31-10-2-3-20-14-33-24(15-32-20)18-8-7-17(22(27)12-18)6-4-16-5-9-21-19(11-16)13-23(28)26(30)25(21)29/h5,7-9,11-13,20,24H,2-3,10,14-15H2,1H3/t20-,24-/m1/s1. The van der Waals surface area contributed by atoms with E-state index >= 15 is 0 Å². The summed E-state index contributed by atoms with van der Waals surface area (Å²) in [5, 5.41) is 0.120. The van der Waals surface area contributed by atoms with Gasteiger partial charge in [-0.05, 0) is 54.1 Å². The van der Waals surface area contributed by atoms with Crippen molar-refractivity contribution in [2.24, 2.45) is 0 Å². The van der Waals surface area contributed by atoms with Crippen LogP contribution in [0.3, 0.4) is 0 Å². The fourth-order valence-electron chi connectivity index (χ4n) is 3.71. The quantitative estimate of drug-likeness (QED) is 0.213. The molecule has 1 saturated heterocycles. The summed E-state index contributed by atoms with van der Waals surface area (Å²) in [6.07, 6.45) is 1.37. The number of methoxy groups -OCH3 is 1. The van der Waals surface area contributed by atoms with Crippen LogP contribution in [0.25, 0.3) is 10.8 Å². The Hall–Kier alpha value is -2.92. The maximum absolute atomic E-state index is 14.6. The van der Waals surface area contributed by atoms with Gasteiger partial charge in [0.1, 0.15) is 11.9 Å². The Morgan fingerprint density at radius 2 is 1.76 bits per heavy atom. The van der Waals surface area contributed by atoms with Gasteiger partial charge < -0.3 is 14.2 Å². The van der Waals surface area contributed by atoms with E-state index < -0.39 is 23.3 Å². The number of halogens is 4. The zero-order valence-electron chi connectivity index (χ0n) is 18.0. The number of hydrogen-bond donors (Lipinski definition) is 0. The lowest BCUT2D eigenvalue weighted by Crippen LogP contribution is -2.31. The Balaban J connectivity index is 1.45. The molecule has 0 unspecified atom stereocenters. The van der Waals surface area contributed by atoms with Crippen molar-refractivity contribution in [1.29, 1.82) is 0 Å². The van der Waals surface area contributed by atoms with Crippen molar-refractivity contribution >= 4 is 10.8 Å². The highest BCUT2D eigenvalue weighted by atomic mass is 19.2. The van der Waals surface area contributed by atoms with Gasteiger partial charge in [0.25, 0.3) is 0 Å². The highest BCUT2D eigenvalue weighted by Crippen LogP contribution is 2.26. The van der Waals surface area contributed by atoms with E-state index in [2.05, 4.69) is 11.8 Å². The molecule has 1 heterocycles. The molecule has 0 aliphatic carbocycles. The van der Waals surface area contributed by atoms with Crippen molar-refractivity contribution in [3.63, 3.8) is 0 Å². The van der Waals surface area contributed by atoms with Gasteiger partial charge in [0.15, 0.2) is 17.5 Å². The molecule has 0 aromatic heterocycles. The van der Waals surface area contributed by atoms with E-state index in [1.54, 1.807) is 19.2 Å². The third-order valence-corrected chi connectivity index (χ3v) is 5.52. The summed E-state index contributed by atoms with van der Waals surface area (Å²) in [7, 11) is 1.66. The van der Waals surface area contributed by atoms with Crippen molar-refractivity contribution in [2.75, 3.05) is 26.9 Å². The first kappa shape index (κ1) is 23.2. The molecule has 3 nitrogen and oxygen atoms in total. The van der Waals surface area contributed by atoms with Crippen molar-refractivity contribution in [1.82, 2.24) is 0 Å². The van der Waals surface area contributed by atoms with Crippen LogP contribution in [0.4, 0.5) is 17.6 Å². The van der Waals surface area contributed by atoms with E-state index in [0.29, 0.717) is 30.9 Å². The lowest BCUT2D eigenvalue weighted by Gasteiger charge is -2.30. The van der Waals surface area contributed by atoms with Gasteiger partial charge in [0, 0.05) is 24.7 Å². The van der Waals surface area contributed by atoms with Gasteiger partial charge in [0.2, 0.25) is 0 Å². The molecule has 2 atom stereocenters. The molecule has 7 heteroatoms. The van der Waals surface area contributed by atoms with E-state index in [-0.39, 0.29) is 28.5 Å². The molecular weight excluding hydrogens is 436 g/mol. The Kier molecular flexibility index (Phi) is 7.29. The molecule has 33 heavy (non-hydrogen) atoms. The SMILES string of the molecule is COCCC[C@@H]1CO[C@@H](c2ccc(C#Cc3ccc4c(F)c(F)c(F)cc4c3)c(F)c2)CO1. The van der Waals surface area contributed by atoms with Crippen molar-refractivity contribution in [3.05, 3.63) is 82.4 Å². The molecule has 1 fully saturated rings. The van der Waals surface area contributed by atoms with Crippen LogP contribution in [0.15, 0.2) is 42.5 Å². The number of benzene rings is 3. The Bertz CT molecular complexity index is 1210. The van der Waals surface area contributed by atoms with Gasteiger partial charge in [0.05, 0.1) is 24.9 Å². The van der Waals surface area contributed by atoms with Crippen LogP contribution in [0, 0.1) is 35.1 Å². The van der Waals surface area contributed by atoms with Gasteiger partial charge in [-0.25, -0.2) is 17.6 Å². The van der Waals surface area contributed by atoms with Gasteiger partial charge in [-0.2, -0.15) is 0 Å². The van der Waals surface area contributed by atoms with E-state index in [1.165, 1.54) is 24.3 Å². The predicted octanol–water partition coefficient (Wildman–Crippen LogP) is 5.68. The van der Waals surface area contributed by atoms with Crippen molar-refractivity contribution < 1.29 is 31.8 Å². The monoisotopic (exact) mass is 458 g/mol. The van der Waals surface area contributed by atoms with E-state index in [4.69, 9.17) is 14.2 Å². The highest BCUT2D eigenvalue weighted by molar-refractivity contribution is 5.84. The van der Waals surface area contributed by atoms with Gasteiger partial charge in [-0.15, -0.1) is 0 Å². The van der Waals surface area contributed by atoms with Crippen LogP contribution >= 0.6 is 0 Å². The van der Waals surface area contributed by atoms with Crippen LogP contribution in [-0.2, 0) is 14.2 Å². The molecule has 0 radical (unpaired) electrons. The molecule has 1 aliphatic rings. The summed E-state index contributed by atoms with van der Waals surface area (Å²) in [5.74, 6) is 0.962. The smallest absolute Gasteiger partial charge is 0.195 e. The normalized spacial score (nSPS) is 18.2. The summed E-state index contributed by atoms with van der Waals surface area (Å²) >= 11 is 0. The first-order valence-electron chi connectivity index (χ1n) is 10.6. The van der Waals surface area contributed by atoms with E-state index in [0.717, 1.165) is 18.9 Å². The molecular formula is C26H22F4O3. The molecule has 0 spiro atoms. The third-order valence-electron chi connectivity index (χ3n) is 5.52. The number of ether oxygens (including phenoxy) is 3. The Morgan fingerprint density at radius 3 is 2.48 bits per heavy atom. The first-order valence-corrected chi connectivity index (χ1v) is 10.6. The maximum atomic E-state index is 14.6. The van der Waals surface area contributed by atoms with Crippen LogP contribution < -0.4 is 0 Å². The zero-order valence-corrected chi connectivity index (χ0v) is 18.0. The number of fused-ring (bicyclic) bond motifs is 1. The second kappa shape index (κ2) is 10.3. The fraction of sp³-hybridized carbons (Fsp3) is 0.308. The fourth-order valence-corrected chi connectivity index (χ4v) is 3.71. The van der Waals surface area contributed by atoms with Crippen LogP contribution in [-0.4, -0.2) is 33.0 Å². The minimum Gasteiger partial charge on any atom is -0.385 e. The van der Waals surface area contributed by atoms with Gasteiger partial charge in [-0.1, -0.05) is 24.0 Å². The minimum absolute atomic E-state index is 0.00628. The highest BCUT2D eigenvalue weighted by Gasteiger charge is 2.24. The molecule has 172 valence electrons. The van der Waals surface area contributed by atoms with E-state index in [9.17, 15) is 17.6 Å². The zero-order chi connectivity index (χ0) is 23.4. The molecule has 3 aromatic carbocycles. The van der Waals surface area contributed by atoms with Gasteiger partial charge >= 0.3 is 0 Å². The molecule has 0 N–H and O–H groups in total. The molecule has 0 amide bonds. The maximum Gasteiger partial charge on any atom is 0.195 e. The summed E-state index contributed by atoms with van der Waals surface area (Å²) in [6.45, 7) is 1.44. The number of rotatable bonds is 5. The largest absolute Gasteiger partial charge is 0.385 e. The summed E-state index contributed by atoms with van der Waals surface area (Å²) in [6, 6.07) is 9.79. The van der Waals surface area contributed by atoms with Crippen molar-refractivity contribution in [2.45, 2.75) is 25.0 Å². The van der Waals surface area contributed by atoms with Crippen LogP contribution in [0.1, 0.15) is 35.6 Å². The summed E-state index contributed by atoms with van der Waals surface area (Å²) in [4.78, 5) is 0. The predicted molar refractivity (Wildman–Crippen MR) is 116 cm³/mol. The van der Waals surface area contributed by atoms with Crippen LogP contribution in [0.5, 0.6) is 0 Å². The minimum atomic E-state index is -1.52. The Morgan fingerprint density at radius 1 is 0.909 bits per heavy atom. The molecule has 3 aromatic rings. The van der Waals surface area contributed by atoms with E-state index in [1.807, 2.05) is 0 Å². The van der Waals surface area contributed by atoms with Crippen molar-refractivity contribution in [3.8, 4) is 11.8 Å². The Labute approximate surface area is 189 Å². The molecule has 0 saturated carbocycles. The van der Waals surface area contributed by atoms with Gasteiger partial charge in [-0.3, -0.25) is 0 Å². The lowest BCUT2D eigenvalue weighted by molar-refractivity contribution is -0.138. The first-order chi connectivity index (χ1) is 16.0. The average molecular weight is 458 g/mol. The lowest BCUT2D eigenvalue weighted by atomic mass is 10.0.